The van der Waals surface area contributed by atoms with Crippen molar-refractivity contribution < 1.29 is 0 Å². The highest BCUT2D eigenvalue weighted by molar-refractivity contribution is 8.00. The first-order chi connectivity index (χ1) is 10.2. The van der Waals surface area contributed by atoms with Gasteiger partial charge in [-0.1, -0.05) is 38.3 Å². The summed E-state index contributed by atoms with van der Waals surface area (Å²) in [5, 5.41) is 5.29. The van der Waals surface area contributed by atoms with Crippen LogP contribution in [-0.4, -0.2) is 17.8 Å². The van der Waals surface area contributed by atoms with Crippen LogP contribution >= 0.6 is 23.4 Å². The Morgan fingerprint density at radius 3 is 2.57 bits per heavy atom. The van der Waals surface area contributed by atoms with Gasteiger partial charge >= 0.3 is 0 Å². The minimum absolute atomic E-state index is 0.665. The molecule has 1 saturated carbocycles. The summed E-state index contributed by atoms with van der Waals surface area (Å²) >= 11 is 8.03. The van der Waals surface area contributed by atoms with Crippen molar-refractivity contribution in [2.24, 2.45) is 5.92 Å². The van der Waals surface area contributed by atoms with E-state index < -0.39 is 0 Å². The molecule has 0 aliphatic heterocycles. The monoisotopic (exact) mass is 325 g/mol. The van der Waals surface area contributed by atoms with Crippen LogP contribution in [0.4, 0.5) is 0 Å². The van der Waals surface area contributed by atoms with Crippen molar-refractivity contribution in [2.75, 3.05) is 6.54 Å². The number of halogens is 1. The second-order valence-electron chi connectivity index (χ2n) is 6.14. The van der Waals surface area contributed by atoms with E-state index in [9.17, 15) is 0 Å². The highest BCUT2D eigenvalue weighted by Crippen LogP contribution is 2.38. The van der Waals surface area contributed by atoms with Gasteiger partial charge < -0.3 is 5.32 Å². The lowest BCUT2D eigenvalue weighted by Crippen LogP contribution is -2.42. The van der Waals surface area contributed by atoms with Gasteiger partial charge in [0.2, 0.25) is 0 Å². The lowest BCUT2D eigenvalue weighted by Gasteiger charge is -2.36. The maximum Gasteiger partial charge on any atom is 0.0406 e. The van der Waals surface area contributed by atoms with Gasteiger partial charge in [-0.15, -0.1) is 11.8 Å². The zero-order valence-electron chi connectivity index (χ0n) is 13.3. The largest absolute Gasteiger partial charge is 0.313 e. The molecule has 21 heavy (non-hydrogen) atoms. The van der Waals surface area contributed by atoms with Gasteiger partial charge in [0.1, 0.15) is 0 Å². The number of benzene rings is 1. The van der Waals surface area contributed by atoms with Crippen LogP contribution in [-0.2, 0) is 0 Å². The first-order valence-electron chi connectivity index (χ1n) is 8.38. The quantitative estimate of drug-likeness (QED) is 0.683. The van der Waals surface area contributed by atoms with Gasteiger partial charge in [-0.25, -0.2) is 0 Å². The van der Waals surface area contributed by atoms with E-state index in [4.69, 9.17) is 11.6 Å². The van der Waals surface area contributed by atoms with Crippen molar-refractivity contribution in [3.8, 4) is 0 Å². The predicted octanol–water partition coefficient (Wildman–Crippen LogP) is 5.77. The van der Waals surface area contributed by atoms with Gasteiger partial charge in [-0.05, 0) is 62.4 Å². The molecule has 3 atom stereocenters. The fourth-order valence-electron chi connectivity index (χ4n) is 3.26. The summed E-state index contributed by atoms with van der Waals surface area (Å²) in [6.07, 6.45) is 7.99. The second kappa shape index (κ2) is 9.07. The number of hydrogen-bond acceptors (Lipinski definition) is 2. The molecule has 118 valence electrons. The molecule has 2 rings (SSSR count). The van der Waals surface area contributed by atoms with E-state index in [0.717, 1.165) is 17.5 Å². The van der Waals surface area contributed by atoms with E-state index in [1.54, 1.807) is 0 Å². The molecule has 1 aliphatic carbocycles. The van der Waals surface area contributed by atoms with Crippen molar-refractivity contribution in [2.45, 2.75) is 68.6 Å². The zero-order chi connectivity index (χ0) is 15.1. The fraction of sp³-hybridized carbons (Fsp3) is 0.667. The first-order valence-corrected chi connectivity index (χ1v) is 9.64. The Kier molecular flexibility index (Phi) is 7.42. The summed E-state index contributed by atoms with van der Waals surface area (Å²) in [5.74, 6) is 0.916. The Bertz CT molecular complexity index is 406. The summed E-state index contributed by atoms with van der Waals surface area (Å²) in [6.45, 7) is 5.70. The van der Waals surface area contributed by atoms with Gasteiger partial charge in [-0.2, -0.15) is 0 Å². The van der Waals surface area contributed by atoms with E-state index in [1.165, 1.54) is 43.4 Å². The van der Waals surface area contributed by atoms with Gasteiger partial charge in [0, 0.05) is 21.2 Å². The van der Waals surface area contributed by atoms with Crippen LogP contribution in [0.3, 0.4) is 0 Å². The molecular weight excluding hydrogens is 298 g/mol. The van der Waals surface area contributed by atoms with Crippen LogP contribution < -0.4 is 5.32 Å². The van der Waals surface area contributed by atoms with Crippen molar-refractivity contribution in [3.63, 3.8) is 0 Å². The molecule has 1 aliphatic rings. The summed E-state index contributed by atoms with van der Waals surface area (Å²) in [4.78, 5) is 1.35. The molecule has 1 aromatic rings. The molecule has 1 aromatic carbocycles. The maximum atomic E-state index is 5.99. The van der Waals surface area contributed by atoms with Gasteiger partial charge in [-0.3, -0.25) is 0 Å². The summed E-state index contributed by atoms with van der Waals surface area (Å²) in [5.41, 5.74) is 0. The first kappa shape index (κ1) is 17.2. The summed E-state index contributed by atoms with van der Waals surface area (Å²) < 4.78 is 0. The predicted molar refractivity (Wildman–Crippen MR) is 95.4 cm³/mol. The minimum atomic E-state index is 0.665. The normalized spacial score (nSPS) is 26.0. The van der Waals surface area contributed by atoms with E-state index in [1.807, 2.05) is 23.9 Å². The third kappa shape index (κ3) is 5.50. The van der Waals surface area contributed by atoms with Gasteiger partial charge in [0.25, 0.3) is 0 Å². The molecule has 3 heteroatoms. The number of thioether (sulfide) groups is 1. The molecule has 0 saturated heterocycles. The highest BCUT2D eigenvalue weighted by atomic mass is 35.5. The molecule has 0 heterocycles. The molecule has 1 fully saturated rings. The molecule has 1 nitrogen and oxygen atoms in total. The van der Waals surface area contributed by atoms with Crippen LogP contribution in [0.25, 0.3) is 0 Å². The van der Waals surface area contributed by atoms with Crippen LogP contribution in [0.2, 0.25) is 5.02 Å². The lowest BCUT2D eigenvalue weighted by atomic mass is 9.83. The molecular formula is C18H28ClNS. The second-order valence-corrected chi connectivity index (χ2v) is 7.89. The molecule has 3 unspecified atom stereocenters. The van der Waals surface area contributed by atoms with Crippen molar-refractivity contribution >= 4 is 23.4 Å². The van der Waals surface area contributed by atoms with Gasteiger partial charge in [0.05, 0.1) is 0 Å². The van der Waals surface area contributed by atoms with E-state index >= 15 is 0 Å². The fourth-order valence-corrected chi connectivity index (χ4v) is 4.80. The molecule has 1 N–H and O–H groups in total. The van der Waals surface area contributed by atoms with Crippen molar-refractivity contribution in [3.05, 3.63) is 29.3 Å². The van der Waals surface area contributed by atoms with Crippen LogP contribution in [0.5, 0.6) is 0 Å². The third-order valence-electron chi connectivity index (χ3n) is 4.35. The Balaban J connectivity index is 1.99. The van der Waals surface area contributed by atoms with Crippen molar-refractivity contribution in [1.29, 1.82) is 0 Å². The molecule has 0 bridgehead atoms. The SMILES string of the molecule is CCCNC1CCC(CCC)CC1Sc1ccc(Cl)cc1. The average molecular weight is 326 g/mol. The van der Waals surface area contributed by atoms with Gasteiger partial charge in [0.15, 0.2) is 0 Å². The Labute approximate surface area is 139 Å². The number of hydrogen-bond donors (Lipinski definition) is 1. The summed E-state index contributed by atoms with van der Waals surface area (Å²) in [6, 6.07) is 8.99. The van der Waals surface area contributed by atoms with Crippen LogP contribution in [0.1, 0.15) is 52.4 Å². The third-order valence-corrected chi connectivity index (χ3v) is 5.97. The lowest BCUT2D eigenvalue weighted by molar-refractivity contribution is 0.287. The standard InChI is InChI=1S/C18H28ClNS/c1-3-5-14-6-11-17(20-12-4-2)18(13-14)21-16-9-7-15(19)8-10-16/h7-10,14,17-18,20H,3-6,11-13H2,1-2H3. The highest BCUT2D eigenvalue weighted by Gasteiger charge is 2.30. The summed E-state index contributed by atoms with van der Waals surface area (Å²) in [7, 11) is 0. The smallest absolute Gasteiger partial charge is 0.0406 e. The van der Waals surface area contributed by atoms with Crippen LogP contribution in [0, 0.1) is 5.92 Å². The van der Waals surface area contributed by atoms with Crippen molar-refractivity contribution in [1.82, 2.24) is 5.32 Å². The number of rotatable bonds is 7. The van der Waals surface area contributed by atoms with Crippen LogP contribution in [0.15, 0.2) is 29.2 Å². The Hall–Kier alpha value is -0.180. The molecule has 0 amide bonds. The van der Waals surface area contributed by atoms with E-state index in [2.05, 4.69) is 31.3 Å². The molecule has 0 radical (unpaired) electrons. The molecule has 0 spiro atoms. The number of nitrogens with one attached hydrogen (secondary N) is 1. The van der Waals surface area contributed by atoms with E-state index in [-0.39, 0.29) is 0 Å². The average Bonchev–Trinajstić information content (AvgIpc) is 2.49. The Morgan fingerprint density at radius 1 is 1.14 bits per heavy atom. The van der Waals surface area contributed by atoms with E-state index in [0.29, 0.717) is 11.3 Å². The zero-order valence-corrected chi connectivity index (χ0v) is 14.8. The topological polar surface area (TPSA) is 12.0 Å². The molecule has 0 aromatic heterocycles. The minimum Gasteiger partial charge on any atom is -0.313 e. The Morgan fingerprint density at radius 2 is 1.90 bits per heavy atom. The maximum absolute atomic E-state index is 5.99.